The van der Waals surface area contributed by atoms with E-state index in [4.69, 9.17) is 4.74 Å². The van der Waals surface area contributed by atoms with Crippen LogP contribution in [-0.4, -0.2) is 19.0 Å². The van der Waals surface area contributed by atoms with E-state index < -0.39 is 0 Å². The zero-order valence-electron chi connectivity index (χ0n) is 10.6. The molecule has 0 rings (SSSR count). The van der Waals surface area contributed by atoms with Crippen molar-refractivity contribution in [3.05, 3.63) is 0 Å². The smallest absolute Gasteiger partial charge is 0.135 e. The van der Waals surface area contributed by atoms with E-state index in [0.717, 1.165) is 12.8 Å². The van der Waals surface area contributed by atoms with E-state index in [-0.39, 0.29) is 0 Å². The van der Waals surface area contributed by atoms with Gasteiger partial charge in [0.25, 0.3) is 0 Å². The molecule has 0 saturated carbocycles. The van der Waals surface area contributed by atoms with Crippen LogP contribution in [0.5, 0.6) is 0 Å². The van der Waals surface area contributed by atoms with Crippen molar-refractivity contribution in [1.82, 2.24) is 0 Å². The Balaban J connectivity index is 3.60. The summed E-state index contributed by atoms with van der Waals surface area (Å²) < 4.78 is 5.18. The Morgan fingerprint density at radius 2 is 2.00 bits per heavy atom. The molecule has 0 N–H and O–H groups in total. The highest BCUT2D eigenvalue weighted by Crippen LogP contribution is 2.17. The molecule has 1 atom stereocenters. The minimum atomic E-state index is 0.367. The molecule has 0 heterocycles. The van der Waals surface area contributed by atoms with Gasteiger partial charge in [-0.3, -0.25) is 4.79 Å². The monoisotopic (exact) mass is 214 g/mol. The molecule has 0 aliphatic carbocycles. The van der Waals surface area contributed by atoms with Crippen molar-refractivity contribution in [3.63, 3.8) is 0 Å². The van der Waals surface area contributed by atoms with Gasteiger partial charge < -0.3 is 4.74 Å². The van der Waals surface area contributed by atoms with E-state index in [1.165, 1.54) is 19.3 Å². The lowest BCUT2D eigenvalue weighted by molar-refractivity contribution is -0.121. The summed E-state index contributed by atoms with van der Waals surface area (Å²) in [5, 5.41) is 0. The summed E-state index contributed by atoms with van der Waals surface area (Å²) in [5.41, 5.74) is 0. The molecule has 0 aromatic heterocycles. The van der Waals surface area contributed by atoms with Gasteiger partial charge in [0.1, 0.15) is 5.78 Å². The molecule has 2 nitrogen and oxygen atoms in total. The largest absolute Gasteiger partial charge is 0.381 e. The molecule has 0 radical (unpaired) electrons. The Morgan fingerprint density at radius 1 is 1.27 bits per heavy atom. The summed E-state index contributed by atoms with van der Waals surface area (Å²) in [6.07, 6.45) is 6.15. The summed E-state index contributed by atoms with van der Waals surface area (Å²) in [7, 11) is 0. The maximum atomic E-state index is 11.6. The van der Waals surface area contributed by atoms with Gasteiger partial charge in [0, 0.05) is 19.4 Å². The van der Waals surface area contributed by atoms with Gasteiger partial charge in [-0.2, -0.15) is 0 Å². The molecule has 0 aliphatic heterocycles. The van der Waals surface area contributed by atoms with Crippen molar-refractivity contribution < 1.29 is 9.53 Å². The van der Waals surface area contributed by atoms with Crippen molar-refractivity contribution in [1.29, 1.82) is 0 Å². The molecule has 15 heavy (non-hydrogen) atoms. The molecule has 0 aromatic carbocycles. The molecule has 0 aliphatic rings. The second-order valence-electron chi connectivity index (χ2n) is 4.11. The number of Topliss-reactive ketones (excluding diaryl/α,β-unsaturated/α-hetero) is 1. The lowest BCUT2D eigenvalue weighted by Gasteiger charge is -2.13. The Bertz CT molecular complexity index is 155. The third-order valence-corrected chi connectivity index (χ3v) is 2.79. The van der Waals surface area contributed by atoms with Crippen LogP contribution in [0.1, 0.15) is 59.3 Å². The highest BCUT2D eigenvalue weighted by Gasteiger charge is 2.11. The number of unbranched alkanes of at least 4 members (excludes halogenated alkanes) is 1. The van der Waals surface area contributed by atoms with Crippen LogP contribution in [0.4, 0.5) is 0 Å². The average molecular weight is 214 g/mol. The Labute approximate surface area is 94.4 Å². The third kappa shape index (κ3) is 8.61. The molecule has 1 unspecified atom stereocenters. The fourth-order valence-electron chi connectivity index (χ4n) is 1.70. The van der Waals surface area contributed by atoms with Gasteiger partial charge >= 0.3 is 0 Å². The van der Waals surface area contributed by atoms with Crippen LogP contribution in [0, 0.1) is 5.92 Å². The predicted molar refractivity (Wildman–Crippen MR) is 64.0 cm³/mol. The fraction of sp³-hybridized carbons (Fsp3) is 0.923. The number of hydrogen-bond acceptors (Lipinski definition) is 2. The Hall–Kier alpha value is -0.370. The molecular weight excluding hydrogens is 188 g/mol. The van der Waals surface area contributed by atoms with Crippen molar-refractivity contribution in [2.75, 3.05) is 13.2 Å². The molecular formula is C13H26O2. The van der Waals surface area contributed by atoms with E-state index in [0.29, 0.717) is 31.3 Å². The first-order chi connectivity index (χ1) is 7.24. The van der Waals surface area contributed by atoms with Crippen LogP contribution in [0.15, 0.2) is 0 Å². The van der Waals surface area contributed by atoms with Crippen LogP contribution in [0.2, 0.25) is 0 Å². The SMILES string of the molecule is CCCCC(CC)CC(=O)CCOCC. The van der Waals surface area contributed by atoms with Gasteiger partial charge in [-0.1, -0.05) is 39.5 Å². The van der Waals surface area contributed by atoms with Crippen LogP contribution < -0.4 is 0 Å². The summed E-state index contributed by atoms with van der Waals surface area (Å²) in [5.74, 6) is 0.963. The van der Waals surface area contributed by atoms with E-state index in [9.17, 15) is 4.79 Å². The van der Waals surface area contributed by atoms with Crippen molar-refractivity contribution in [2.45, 2.75) is 59.3 Å². The first kappa shape index (κ1) is 14.6. The Morgan fingerprint density at radius 3 is 2.53 bits per heavy atom. The first-order valence-electron chi connectivity index (χ1n) is 6.33. The number of carbonyl (C=O) groups is 1. The molecule has 0 aromatic rings. The molecule has 90 valence electrons. The standard InChI is InChI=1S/C13H26O2/c1-4-7-8-12(5-2)11-13(14)9-10-15-6-3/h12H,4-11H2,1-3H3. The molecule has 2 heteroatoms. The lowest BCUT2D eigenvalue weighted by atomic mass is 9.93. The number of carbonyl (C=O) groups excluding carboxylic acids is 1. The minimum absolute atomic E-state index is 0.367. The van der Waals surface area contributed by atoms with Crippen molar-refractivity contribution in [3.8, 4) is 0 Å². The molecule has 0 saturated heterocycles. The molecule has 0 bridgehead atoms. The second-order valence-corrected chi connectivity index (χ2v) is 4.11. The topological polar surface area (TPSA) is 26.3 Å². The number of hydrogen-bond donors (Lipinski definition) is 0. The zero-order valence-corrected chi connectivity index (χ0v) is 10.6. The molecule has 0 fully saturated rings. The van der Waals surface area contributed by atoms with Gasteiger partial charge in [-0.15, -0.1) is 0 Å². The number of ketones is 1. The highest BCUT2D eigenvalue weighted by atomic mass is 16.5. The van der Waals surface area contributed by atoms with Crippen molar-refractivity contribution in [2.24, 2.45) is 5.92 Å². The fourth-order valence-corrected chi connectivity index (χ4v) is 1.70. The van der Waals surface area contributed by atoms with Crippen LogP contribution in [0.25, 0.3) is 0 Å². The normalized spacial score (nSPS) is 12.7. The number of ether oxygens (including phenoxy) is 1. The lowest BCUT2D eigenvalue weighted by Crippen LogP contribution is -2.10. The second kappa shape index (κ2) is 10.2. The van der Waals surface area contributed by atoms with Gasteiger partial charge in [0.2, 0.25) is 0 Å². The van der Waals surface area contributed by atoms with Gasteiger partial charge in [0.05, 0.1) is 6.61 Å². The highest BCUT2D eigenvalue weighted by molar-refractivity contribution is 5.78. The average Bonchev–Trinajstić information content (AvgIpc) is 2.24. The maximum absolute atomic E-state index is 11.6. The summed E-state index contributed by atoms with van der Waals surface area (Å²) in [6.45, 7) is 7.64. The van der Waals surface area contributed by atoms with E-state index in [2.05, 4.69) is 13.8 Å². The van der Waals surface area contributed by atoms with Gasteiger partial charge in [0.15, 0.2) is 0 Å². The van der Waals surface area contributed by atoms with E-state index in [1.807, 2.05) is 6.92 Å². The van der Waals surface area contributed by atoms with E-state index >= 15 is 0 Å². The number of rotatable bonds is 10. The van der Waals surface area contributed by atoms with Gasteiger partial charge in [-0.25, -0.2) is 0 Å². The first-order valence-corrected chi connectivity index (χ1v) is 6.33. The summed E-state index contributed by atoms with van der Waals surface area (Å²) >= 11 is 0. The van der Waals surface area contributed by atoms with E-state index in [1.54, 1.807) is 0 Å². The zero-order chi connectivity index (χ0) is 11.5. The predicted octanol–water partition coefficient (Wildman–Crippen LogP) is 3.59. The quantitative estimate of drug-likeness (QED) is 0.519. The Kier molecular flexibility index (Phi) is 9.91. The maximum Gasteiger partial charge on any atom is 0.135 e. The van der Waals surface area contributed by atoms with Crippen LogP contribution in [0.3, 0.4) is 0 Å². The molecule has 0 spiro atoms. The molecule has 0 amide bonds. The minimum Gasteiger partial charge on any atom is -0.381 e. The summed E-state index contributed by atoms with van der Waals surface area (Å²) in [6, 6.07) is 0. The summed E-state index contributed by atoms with van der Waals surface area (Å²) in [4.78, 5) is 11.6. The van der Waals surface area contributed by atoms with Crippen LogP contribution >= 0.6 is 0 Å². The van der Waals surface area contributed by atoms with Crippen molar-refractivity contribution >= 4 is 5.78 Å². The van der Waals surface area contributed by atoms with Crippen LogP contribution in [-0.2, 0) is 9.53 Å². The third-order valence-electron chi connectivity index (χ3n) is 2.79. The van der Waals surface area contributed by atoms with Gasteiger partial charge in [-0.05, 0) is 12.8 Å².